The lowest BCUT2D eigenvalue weighted by Gasteiger charge is -2.27. The number of unbranched alkanes of at least 4 members (excludes halogenated alkanes) is 3. The van der Waals surface area contributed by atoms with Crippen LogP contribution in [0.1, 0.15) is 87.5 Å². The molecule has 0 bridgehead atoms. The van der Waals surface area contributed by atoms with Gasteiger partial charge in [0.15, 0.2) is 0 Å². The summed E-state index contributed by atoms with van der Waals surface area (Å²) in [7, 11) is 0. The molecular weight excluding hydrogens is 292 g/mol. The summed E-state index contributed by atoms with van der Waals surface area (Å²) in [5, 5.41) is 0. The van der Waals surface area contributed by atoms with Crippen LogP contribution >= 0.6 is 0 Å². The Morgan fingerprint density at radius 2 is 1.04 bits per heavy atom. The summed E-state index contributed by atoms with van der Waals surface area (Å²) in [6, 6.07) is 0. The highest BCUT2D eigenvalue weighted by Gasteiger charge is 2.21. The summed E-state index contributed by atoms with van der Waals surface area (Å²) in [6.07, 6.45) is 5.92. The average Bonchev–Trinajstić information content (AvgIpc) is 2.43. The molecule has 0 aliphatic rings. The molecular formula is C22H44N2. The van der Waals surface area contributed by atoms with Crippen LogP contribution in [-0.4, -0.2) is 6.54 Å². The van der Waals surface area contributed by atoms with E-state index in [-0.39, 0.29) is 0 Å². The van der Waals surface area contributed by atoms with Crippen molar-refractivity contribution in [2.75, 3.05) is 6.54 Å². The third-order valence-electron chi connectivity index (χ3n) is 4.85. The molecule has 142 valence electrons. The molecule has 0 atom stereocenters. The number of rotatable bonds is 11. The monoisotopic (exact) mass is 336 g/mol. The molecule has 0 radical (unpaired) electrons. The van der Waals surface area contributed by atoms with Crippen LogP contribution < -0.4 is 11.5 Å². The second kappa shape index (κ2) is 11.7. The summed E-state index contributed by atoms with van der Waals surface area (Å²) in [4.78, 5) is 0. The Balaban J connectivity index is 5.77. The van der Waals surface area contributed by atoms with Gasteiger partial charge in [0.1, 0.15) is 0 Å². The molecule has 0 fully saturated rings. The van der Waals surface area contributed by atoms with Crippen molar-refractivity contribution in [3.8, 4) is 0 Å². The van der Waals surface area contributed by atoms with E-state index in [4.69, 9.17) is 11.5 Å². The first-order valence-corrected chi connectivity index (χ1v) is 10.1. The number of allylic oxidation sites excluding steroid dienone is 3. The van der Waals surface area contributed by atoms with Gasteiger partial charge in [-0.2, -0.15) is 0 Å². The van der Waals surface area contributed by atoms with Gasteiger partial charge in [0.05, 0.1) is 0 Å². The van der Waals surface area contributed by atoms with Crippen LogP contribution in [0, 0.1) is 23.7 Å². The van der Waals surface area contributed by atoms with Crippen molar-refractivity contribution in [3.05, 3.63) is 22.4 Å². The van der Waals surface area contributed by atoms with Crippen LogP contribution in [-0.2, 0) is 0 Å². The first-order chi connectivity index (χ1) is 11.1. The molecule has 0 spiro atoms. The van der Waals surface area contributed by atoms with Crippen molar-refractivity contribution in [2.45, 2.75) is 87.5 Å². The molecule has 2 heteroatoms. The zero-order valence-electron chi connectivity index (χ0n) is 17.7. The number of hydrogen-bond acceptors (Lipinski definition) is 2. The van der Waals surface area contributed by atoms with E-state index in [2.05, 4.69) is 55.4 Å². The van der Waals surface area contributed by atoms with Crippen molar-refractivity contribution in [3.63, 3.8) is 0 Å². The minimum Gasteiger partial charge on any atom is -0.399 e. The standard InChI is InChI=1S/C22H44N2/c1-15(2)20(16(3)4)19(13-11-9-10-12-14-23)22(24)21(17(5)6)18(7)8/h15-18H,9-14,23-24H2,1-8H3. The normalized spacial score (nSPS) is 11.7. The predicted octanol–water partition coefficient (Wildman–Crippen LogP) is 6.03. The zero-order valence-corrected chi connectivity index (χ0v) is 17.7. The van der Waals surface area contributed by atoms with Crippen molar-refractivity contribution in [1.82, 2.24) is 0 Å². The van der Waals surface area contributed by atoms with Gasteiger partial charge in [0, 0.05) is 5.70 Å². The van der Waals surface area contributed by atoms with E-state index in [1.54, 1.807) is 5.57 Å². The molecule has 0 saturated heterocycles. The van der Waals surface area contributed by atoms with E-state index in [9.17, 15) is 0 Å². The average molecular weight is 337 g/mol. The highest BCUT2D eigenvalue weighted by molar-refractivity contribution is 5.39. The topological polar surface area (TPSA) is 52.0 Å². The highest BCUT2D eigenvalue weighted by Crippen LogP contribution is 2.34. The van der Waals surface area contributed by atoms with E-state index in [0.29, 0.717) is 23.7 Å². The van der Waals surface area contributed by atoms with Crippen LogP contribution in [0.15, 0.2) is 22.4 Å². The lowest BCUT2D eigenvalue weighted by Crippen LogP contribution is -2.18. The second-order valence-corrected chi connectivity index (χ2v) is 8.37. The van der Waals surface area contributed by atoms with Crippen LogP contribution in [0.4, 0.5) is 0 Å². The largest absolute Gasteiger partial charge is 0.399 e. The Kier molecular flexibility index (Phi) is 11.4. The molecule has 4 N–H and O–H groups in total. The van der Waals surface area contributed by atoms with Crippen molar-refractivity contribution >= 4 is 0 Å². The highest BCUT2D eigenvalue weighted by atomic mass is 14.6. The van der Waals surface area contributed by atoms with Gasteiger partial charge in [-0.1, -0.05) is 73.8 Å². The molecule has 0 aromatic rings. The fourth-order valence-electron chi connectivity index (χ4n) is 4.06. The van der Waals surface area contributed by atoms with Crippen LogP contribution in [0.5, 0.6) is 0 Å². The number of hydrogen-bond donors (Lipinski definition) is 2. The minimum atomic E-state index is 0.498. The van der Waals surface area contributed by atoms with E-state index < -0.39 is 0 Å². The first kappa shape index (κ1) is 23.2. The van der Waals surface area contributed by atoms with Crippen LogP contribution in [0.2, 0.25) is 0 Å². The molecule has 24 heavy (non-hydrogen) atoms. The van der Waals surface area contributed by atoms with Gasteiger partial charge >= 0.3 is 0 Å². The Bertz CT molecular complexity index is 392. The van der Waals surface area contributed by atoms with E-state index >= 15 is 0 Å². The molecule has 0 aromatic carbocycles. The Labute approximate surface area is 152 Å². The molecule has 0 amide bonds. The number of nitrogens with two attached hydrogens (primary N) is 2. The maximum atomic E-state index is 6.78. The van der Waals surface area contributed by atoms with Crippen molar-refractivity contribution in [2.24, 2.45) is 35.1 Å². The van der Waals surface area contributed by atoms with Crippen LogP contribution in [0.3, 0.4) is 0 Å². The second-order valence-electron chi connectivity index (χ2n) is 8.37. The van der Waals surface area contributed by atoms with Gasteiger partial charge in [0.2, 0.25) is 0 Å². The third kappa shape index (κ3) is 7.42. The van der Waals surface area contributed by atoms with Gasteiger partial charge in [-0.3, -0.25) is 0 Å². The first-order valence-electron chi connectivity index (χ1n) is 10.1. The molecule has 0 aliphatic heterocycles. The van der Waals surface area contributed by atoms with Crippen molar-refractivity contribution in [1.29, 1.82) is 0 Å². The summed E-state index contributed by atoms with van der Waals surface area (Å²) >= 11 is 0. The minimum absolute atomic E-state index is 0.498. The maximum absolute atomic E-state index is 6.78. The summed E-state index contributed by atoms with van der Waals surface area (Å²) in [6.45, 7) is 19.1. The van der Waals surface area contributed by atoms with E-state index in [0.717, 1.165) is 25.1 Å². The Morgan fingerprint density at radius 3 is 1.42 bits per heavy atom. The van der Waals surface area contributed by atoms with Gasteiger partial charge < -0.3 is 11.5 Å². The smallest absolute Gasteiger partial charge is 0.0343 e. The molecule has 0 heterocycles. The maximum Gasteiger partial charge on any atom is 0.0343 e. The Hall–Kier alpha value is -0.760. The third-order valence-corrected chi connectivity index (χ3v) is 4.85. The van der Waals surface area contributed by atoms with Gasteiger partial charge in [-0.05, 0) is 60.6 Å². The molecule has 0 rings (SSSR count). The van der Waals surface area contributed by atoms with Gasteiger partial charge in [-0.15, -0.1) is 0 Å². The molecule has 0 saturated carbocycles. The molecule has 0 aliphatic carbocycles. The summed E-state index contributed by atoms with van der Waals surface area (Å²) < 4.78 is 0. The SMILES string of the molecule is CC(C)C(=C(N)C(CCCCCCN)=C(C(C)C)C(C)C)C(C)C. The predicted molar refractivity (Wildman–Crippen MR) is 110 cm³/mol. The lowest BCUT2D eigenvalue weighted by atomic mass is 9.81. The van der Waals surface area contributed by atoms with E-state index in [1.807, 2.05) is 0 Å². The molecule has 2 nitrogen and oxygen atoms in total. The molecule has 0 unspecified atom stereocenters. The van der Waals surface area contributed by atoms with Crippen LogP contribution in [0.25, 0.3) is 0 Å². The summed E-state index contributed by atoms with van der Waals surface area (Å²) in [5.41, 5.74) is 17.9. The fourth-order valence-corrected chi connectivity index (χ4v) is 4.06. The van der Waals surface area contributed by atoms with E-state index in [1.165, 1.54) is 30.4 Å². The van der Waals surface area contributed by atoms with Crippen molar-refractivity contribution < 1.29 is 0 Å². The Morgan fingerprint density at radius 1 is 0.625 bits per heavy atom. The van der Waals surface area contributed by atoms with Gasteiger partial charge in [-0.25, -0.2) is 0 Å². The lowest BCUT2D eigenvalue weighted by molar-refractivity contribution is 0.580. The zero-order chi connectivity index (χ0) is 18.9. The van der Waals surface area contributed by atoms with Gasteiger partial charge in [0.25, 0.3) is 0 Å². The quantitative estimate of drug-likeness (QED) is 0.357. The molecule has 0 aromatic heterocycles. The fraction of sp³-hybridized carbons (Fsp3) is 0.818. The summed E-state index contributed by atoms with van der Waals surface area (Å²) in [5.74, 6) is 2.09.